The zero-order chi connectivity index (χ0) is 9.40. The van der Waals surface area contributed by atoms with E-state index >= 15 is 0 Å². The van der Waals surface area contributed by atoms with Gasteiger partial charge in [-0.15, -0.1) is 0 Å². The Kier molecular flexibility index (Phi) is 5.83. The summed E-state index contributed by atoms with van der Waals surface area (Å²) in [4.78, 5) is 8.00. The van der Waals surface area contributed by atoms with Crippen molar-refractivity contribution in [3.63, 3.8) is 0 Å². The fourth-order valence-electron chi connectivity index (χ4n) is 0.806. The lowest BCUT2D eigenvalue weighted by Gasteiger charge is -1.97. The summed E-state index contributed by atoms with van der Waals surface area (Å²) in [5.41, 5.74) is 1.10. The minimum atomic E-state index is -0.181. The summed E-state index contributed by atoms with van der Waals surface area (Å²) in [6, 6.07) is 6.47. The van der Waals surface area contributed by atoms with Gasteiger partial charge >= 0.3 is 0 Å². The van der Waals surface area contributed by atoms with E-state index in [9.17, 15) is 4.39 Å². The average molecular weight is 169 g/mol. The van der Waals surface area contributed by atoms with Gasteiger partial charge in [0, 0.05) is 6.54 Å². The second-order valence-corrected chi connectivity index (χ2v) is 2.16. The summed E-state index contributed by atoms with van der Waals surface area (Å²) in [5, 5.41) is 2.98. The summed E-state index contributed by atoms with van der Waals surface area (Å²) < 4.78 is 12.3. The number of halogens is 1. The molecule has 1 aromatic rings. The van der Waals surface area contributed by atoms with Crippen LogP contribution in [0.1, 0.15) is 5.56 Å². The van der Waals surface area contributed by atoms with E-state index in [1.807, 2.05) is 13.8 Å². The average Bonchev–Trinajstić information content (AvgIpc) is 2.13. The lowest BCUT2D eigenvalue weighted by Crippen LogP contribution is -2.04. The van der Waals surface area contributed by atoms with Gasteiger partial charge in [0.25, 0.3) is 0 Å². The molecule has 0 aromatic heterocycles. The molecular formula is C9H12FNO. The molecule has 0 bridgehead atoms. The molecule has 0 aliphatic heterocycles. The predicted molar refractivity (Wildman–Crippen MR) is 46.3 cm³/mol. The molecule has 1 aromatic carbocycles. The van der Waals surface area contributed by atoms with Gasteiger partial charge in [-0.1, -0.05) is 12.1 Å². The Bertz CT molecular complexity index is 210. The molecule has 0 spiro atoms. The monoisotopic (exact) mass is 169 g/mol. The third-order valence-corrected chi connectivity index (χ3v) is 1.29. The summed E-state index contributed by atoms with van der Waals surface area (Å²) in [6.45, 7) is 2.79. The second-order valence-electron chi connectivity index (χ2n) is 2.16. The molecule has 2 nitrogen and oxygen atoms in total. The largest absolute Gasteiger partial charge is 0.316 e. The van der Waals surface area contributed by atoms with Crippen molar-refractivity contribution < 1.29 is 9.18 Å². The van der Waals surface area contributed by atoms with Crippen molar-refractivity contribution in [1.29, 1.82) is 0 Å². The standard InChI is InChI=1S/C8H10FN.CH2O/c1-10-6-7-2-4-8(9)5-3-7;1-2/h2-5,10H,6H2,1H3;1H2. The van der Waals surface area contributed by atoms with Crippen molar-refractivity contribution in [3.8, 4) is 0 Å². The normalized spacial score (nSPS) is 8.50. The van der Waals surface area contributed by atoms with Crippen molar-refractivity contribution in [2.45, 2.75) is 6.54 Å². The summed E-state index contributed by atoms with van der Waals surface area (Å²) in [5.74, 6) is -0.181. The quantitative estimate of drug-likeness (QED) is 0.724. The van der Waals surface area contributed by atoms with Gasteiger partial charge in [-0.05, 0) is 24.7 Å². The molecule has 1 rings (SSSR count). The zero-order valence-corrected chi connectivity index (χ0v) is 7.01. The van der Waals surface area contributed by atoms with Crippen LogP contribution in [-0.4, -0.2) is 13.8 Å². The Hall–Kier alpha value is -1.22. The smallest absolute Gasteiger partial charge is 0.123 e. The molecule has 0 unspecified atom stereocenters. The van der Waals surface area contributed by atoms with Crippen LogP contribution in [0.3, 0.4) is 0 Å². The summed E-state index contributed by atoms with van der Waals surface area (Å²) >= 11 is 0. The summed E-state index contributed by atoms with van der Waals surface area (Å²) in [6.07, 6.45) is 0. The van der Waals surface area contributed by atoms with Gasteiger partial charge in [0.15, 0.2) is 0 Å². The fraction of sp³-hybridized carbons (Fsp3) is 0.222. The SMILES string of the molecule is C=O.CNCc1ccc(F)cc1. The van der Waals surface area contributed by atoms with Crippen LogP contribution < -0.4 is 5.32 Å². The molecule has 0 saturated heterocycles. The van der Waals surface area contributed by atoms with E-state index in [1.54, 1.807) is 12.1 Å². The van der Waals surface area contributed by atoms with Crippen molar-refractivity contribution >= 4 is 6.79 Å². The minimum Gasteiger partial charge on any atom is -0.316 e. The van der Waals surface area contributed by atoms with Crippen LogP contribution in [0.25, 0.3) is 0 Å². The third-order valence-electron chi connectivity index (χ3n) is 1.29. The van der Waals surface area contributed by atoms with Crippen molar-refractivity contribution in [3.05, 3.63) is 35.6 Å². The molecule has 0 radical (unpaired) electrons. The predicted octanol–water partition coefficient (Wildman–Crippen LogP) is 1.36. The number of nitrogens with one attached hydrogen (secondary N) is 1. The molecule has 0 amide bonds. The number of carbonyl (C=O) groups is 1. The molecule has 12 heavy (non-hydrogen) atoms. The van der Waals surface area contributed by atoms with Crippen LogP contribution in [0.2, 0.25) is 0 Å². The first-order valence-corrected chi connectivity index (χ1v) is 3.51. The van der Waals surface area contributed by atoms with Gasteiger partial charge in [-0.2, -0.15) is 0 Å². The number of hydrogen-bond acceptors (Lipinski definition) is 2. The molecule has 0 aliphatic carbocycles. The second kappa shape index (κ2) is 6.49. The van der Waals surface area contributed by atoms with E-state index in [-0.39, 0.29) is 5.82 Å². The van der Waals surface area contributed by atoms with E-state index in [0.717, 1.165) is 12.1 Å². The van der Waals surface area contributed by atoms with Gasteiger partial charge < -0.3 is 10.1 Å². The topological polar surface area (TPSA) is 29.1 Å². The molecule has 66 valence electrons. The highest BCUT2D eigenvalue weighted by Gasteiger charge is 1.89. The number of rotatable bonds is 2. The Labute approximate surface area is 71.4 Å². The maximum absolute atomic E-state index is 12.3. The van der Waals surface area contributed by atoms with Gasteiger partial charge in [0.1, 0.15) is 12.6 Å². The highest BCUT2D eigenvalue weighted by Crippen LogP contribution is 2.01. The van der Waals surface area contributed by atoms with Crippen molar-refractivity contribution in [1.82, 2.24) is 5.32 Å². The van der Waals surface area contributed by atoms with E-state index in [1.165, 1.54) is 12.1 Å². The zero-order valence-electron chi connectivity index (χ0n) is 7.01. The lowest BCUT2D eigenvalue weighted by atomic mass is 10.2. The van der Waals surface area contributed by atoms with Crippen LogP contribution >= 0.6 is 0 Å². The van der Waals surface area contributed by atoms with Crippen LogP contribution in [0.5, 0.6) is 0 Å². The van der Waals surface area contributed by atoms with E-state index in [4.69, 9.17) is 4.79 Å². The van der Waals surface area contributed by atoms with Gasteiger partial charge in [0.05, 0.1) is 0 Å². The van der Waals surface area contributed by atoms with Crippen LogP contribution in [0.4, 0.5) is 4.39 Å². The van der Waals surface area contributed by atoms with Crippen LogP contribution in [-0.2, 0) is 11.3 Å². The molecule has 1 N–H and O–H groups in total. The first-order chi connectivity index (χ1) is 5.83. The highest BCUT2D eigenvalue weighted by atomic mass is 19.1. The van der Waals surface area contributed by atoms with Crippen LogP contribution in [0.15, 0.2) is 24.3 Å². The molecule has 0 heterocycles. The van der Waals surface area contributed by atoms with Crippen molar-refractivity contribution in [2.75, 3.05) is 7.05 Å². The fourth-order valence-corrected chi connectivity index (χ4v) is 0.806. The number of hydrogen-bond donors (Lipinski definition) is 1. The molecule has 0 atom stereocenters. The van der Waals surface area contributed by atoms with E-state index in [2.05, 4.69) is 5.32 Å². The van der Waals surface area contributed by atoms with E-state index in [0.29, 0.717) is 0 Å². The lowest BCUT2D eigenvalue weighted by molar-refractivity contribution is -0.0979. The Morgan fingerprint density at radius 1 is 1.33 bits per heavy atom. The maximum atomic E-state index is 12.3. The van der Waals surface area contributed by atoms with Gasteiger partial charge in [0.2, 0.25) is 0 Å². The van der Waals surface area contributed by atoms with Gasteiger partial charge in [-0.25, -0.2) is 4.39 Å². The molecule has 0 fully saturated rings. The number of carbonyl (C=O) groups excluding carboxylic acids is 1. The minimum absolute atomic E-state index is 0.181. The summed E-state index contributed by atoms with van der Waals surface area (Å²) in [7, 11) is 1.86. The van der Waals surface area contributed by atoms with Crippen molar-refractivity contribution in [2.24, 2.45) is 0 Å². The molecular weight excluding hydrogens is 157 g/mol. The molecule has 0 saturated carbocycles. The Morgan fingerprint density at radius 2 is 1.83 bits per heavy atom. The number of benzene rings is 1. The third kappa shape index (κ3) is 3.83. The van der Waals surface area contributed by atoms with E-state index < -0.39 is 0 Å². The Morgan fingerprint density at radius 3 is 2.25 bits per heavy atom. The van der Waals surface area contributed by atoms with Crippen LogP contribution in [0, 0.1) is 5.82 Å². The van der Waals surface area contributed by atoms with Gasteiger partial charge in [-0.3, -0.25) is 0 Å². The highest BCUT2D eigenvalue weighted by molar-refractivity contribution is 5.15. The Balaban J connectivity index is 0.000000561. The first kappa shape index (κ1) is 10.8. The molecule has 3 heteroatoms. The maximum Gasteiger partial charge on any atom is 0.123 e. The molecule has 0 aliphatic rings. The first-order valence-electron chi connectivity index (χ1n) is 3.51.